The molecule has 6 atom stereocenters. The van der Waals surface area contributed by atoms with E-state index in [1.807, 2.05) is 0 Å². The molecule has 5 N–H and O–H groups in total. The molecule has 0 aromatic heterocycles. The normalized spacial score (nSPS) is 44.7. The van der Waals surface area contributed by atoms with Crippen LogP contribution in [0.1, 0.15) is 0 Å². The van der Waals surface area contributed by atoms with E-state index in [1.54, 1.807) is 0 Å². The maximum absolute atomic E-state index is 10.8. The Labute approximate surface area is 101 Å². The predicted octanol–water partition coefficient (Wildman–Crippen LogP) is -2.70. The molecule has 0 saturated carbocycles. The zero-order chi connectivity index (χ0) is 13.4. The fraction of sp³-hybridized carbons (Fsp3) is 0.778. The lowest BCUT2D eigenvalue weighted by molar-refractivity contribution is -0.241. The van der Waals surface area contributed by atoms with Gasteiger partial charge in [0.2, 0.25) is 12.0 Å². The van der Waals surface area contributed by atoms with Crippen molar-refractivity contribution in [2.75, 3.05) is 6.61 Å². The Hall–Kier alpha value is -1.26. The highest BCUT2D eigenvalue weighted by atomic mass is 16.6. The molecule has 9 heteroatoms. The van der Waals surface area contributed by atoms with Gasteiger partial charge in [0.1, 0.15) is 30.5 Å². The number of rotatable bonds is 2. The average molecular weight is 263 g/mol. The summed E-state index contributed by atoms with van der Waals surface area (Å²) < 4.78 is 9.71. The van der Waals surface area contributed by atoms with Crippen LogP contribution in [0.2, 0.25) is 0 Å². The highest BCUT2D eigenvalue weighted by Gasteiger charge is 2.50. The van der Waals surface area contributed by atoms with Crippen molar-refractivity contribution in [2.24, 2.45) is 4.99 Å². The van der Waals surface area contributed by atoms with Gasteiger partial charge in [-0.05, 0) is 0 Å². The minimum atomic E-state index is -1.60. The molecule has 2 unspecified atom stereocenters. The molecular weight excluding hydrogens is 250 g/mol. The molecule has 2 heterocycles. The van der Waals surface area contributed by atoms with Crippen LogP contribution >= 0.6 is 0 Å². The minimum absolute atomic E-state index is 0.611. The molecule has 0 aliphatic carbocycles. The van der Waals surface area contributed by atoms with Crippen molar-refractivity contribution >= 4 is 12.0 Å². The summed E-state index contributed by atoms with van der Waals surface area (Å²) in [4.78, 5) is 13.9. The number of aliphatic imine (C=N–C) groups is 1. The van der Waals surface area contributed by atoms with Gasteiger partial charge in [-0.25, -0.2) is 4.79 Å². The number of nitrogens with zero attached hydrogens (tertiary/aromatic N) is 1. The first-order valence-corrected chi connectivity index (χ1v) is 5.24. The molecule has 1 saturated heterocycles. The molecule has 18 heavy (non-hydrogen) atoms. The molecule has 9 nitrogen and oxygen atoms in total. The Morgan fingerprint density at radius 1 is 1.17 bits per heavy atom. The van der Waals surface area contributed by atoms with Gasteiger partial charge >= 0.3 is 6.09 Å². The van der Waals surface area contributed by atoms with Crippen LogP contribution in [0, 0.1) is 0 Å². The second-order valence-corrected chi connectivity index (χ2v) is 4.07. The van der Waals surface area contributed by atoms with Crippen LogP contribution < -0.4 is 0 Å². The molecule has 0 aromatic rings. The molecular formula is C9H13NO8. The number of ether oxygens (including phenoxy) is 2. The van der Waals surface area contributed by atoms with Gasteiger partial charge in [-0.2, -0.15) is 0 Å². The Morgan fingerprint density at radius 3 is 2.33 bits per heavy atom. The fourth-order valence-electron chi connectivity index (χ4n) is 1.94. The van der Waals surface area contributed by atoms with E-state index in [-0.39, 0.29) is 0 Å². The summed E-state index contributed by atoms with van der Waals surface area (Å²) in [5.41, 5.74) is 0. The third kappa shape index (κ3) is 2.06. The first-order valence-electron chi connectivity index (χ1n) is 5.24. The molecule has 0 aromatic carbocycles. The molecule has 1 amide bonds. The van der Waals surface area contributed by atoms with E-state index >= 15 is 0 Å². The molecule has 1 fully saturated rings. The second kappa shape index (κ2) is 4.78. The Morgan fingerprint density at radius 2 is 1.83 bits per heavy atom. The lowest BCUT2D eigenvalue weighted by Crippen LogP contribution is -2.62. The van der Waals surface area contributed by atoms with Gasteiger partial charge in [0.25, 0.3) is 0 Å². The summed E-state index contributed by atoms with van der Waals surface area (Å²) in [6, 6.07) is 0. The highest BCUT2D eigenvalue weighted by molar-refractivity contribution is 5.95. The van der Waals surface area contributed by atoms with Gasteiger partial charge in [0, 0.05) is 0 Å². The maximum Gasteiger partial charge on any atom is 0.437 e. The van der Waals surface area contributed by atoms with Gasteiger partial charge in [0.15, 0.2) is 0 Å². The summed E-state index contributed by atoms with van der Waals surface area (Å²) >= 11 is 0. The van der Waals surface area contributed by atoms with E-state index in [4.69, 9.17) is 9.84 Å². The average Bonchev–Trinajstić information content (AvgIpc) is 2.66. The Kier molecular flexibility index (Phi) is 3.50. The zero-order valence-corrected chi connectivity index (χ0v) is 9.08. The van der Waals surface area contributed by atoms with Crippen molar-refractivity contribution in [2.45, 2.75) is 36.6 Å². The number of aliphatic hydroxyl groups excluding tert-OH is 5. The maximum atomic E-state index is 10.8. The first-order chi connectivity index (χ1) is 8.45. The van der Waals surface area contributed by atoms with Gasteiger partial charge in [0.05, 0.1) is 6.61 Å². The third-order valence-corrected chi connectivity index (χ3v) is 2.92. The van der Waals surface area contributed by atoms with Crippen LogP contribution in [0.4, 0.5) is 4.79 Å². The Balaban J connectivity index is 2.17. The first kappa shape index (κ1) is 13.2. The van der Waals surface area contributed by atoms with E-state index < -0.39 is 55.2 Å². The van der Waals surface area contributed by atoms with E-state index in [2.05, 4.69) is 9.73 Å². The standard InChI is InChI=1S/C9H13NO8/c11-1-2-3(12)4(13)5(14)6(17-2)7-8(15)10-9(16)18-7/h2-7,11-14H,1H2,(H,10,15,16)/t2-,3+,4+,5-,6?,7?/m1/s1. The molecule has 0 bridgehead atoms. The lowest BCUT2D eigenvalue weighted by Gasteiger charge is -2.41. The van der Waals surface area contributed by atoms with Crippen LogP contribution in [-0.2, 0) is 9.47 Å². The van der Waals surface area contributed by atoms with Crippen LogP contribution in [0.3, 0.4) is 0 Å². The minimum Gasteiger partial charge on any atom is -0.493 e. The predicted molar refractivity (Wildman–Crippen MR) is 54.1 cm³/mol. The highest BCUT2D eigenvalue weighted by Crippen LogP contribution is 2.26. The third-order valence-electron chi connectivity index (χ3n) is 2.92. The molecule has 2 rings (SSSR count). The monoisotopic (exact) mass is 263 g/mol. The van der Waals surface area contributed by atoms with Crippen LogP contribution in [-0.4, -0.2) is 80.8 Å². The summed E-state index contributed by atoms with van der Waals surface area (Å²) in [6.07, 6.45) is -9.60. The van der Waals surface area contributed by atoms with Crippen molar-refractivity contribution in [1.29, 1.82) is 0 Å². The number of aliphatic hydroxyl groups is 5. The van der Waals surface area contributed by atoms with Crippen molar-refractivity contribution in [3.63, 3.8) is 0 Å². The van der Waals surface area contributed by atoms with E-state index in [0.29, 0.717) is 0 Å². The van der Waals surface area contributed by atoms with Crippen LogP contribution in [0.5, 0.6) is 0 Å². The SMILES string of the molecule is O=C1N=C(O)C(C2O[C@H](CO)[C@H](O)[C@H](O)[C@H]2O)O1. The quantitative estimate of drug-likeness (QED) is 0.361. The van der Waals surface area contributed by atoms with E-state index in [9.17, 15) is 25.2 Å². The summed E-state index contributed by atoms with van der Waals surface area (Å²) in [6.45, 7) is -0.611. The van der Waals surface area contributed by atoms with Gasteiger partial charge < -0.3 is 35.0 Å². The summed E-state index contributed by atoms with van der Waals surface area (Å²) in [7, 11) is 0. The molecule has 2 aliphatic rings. The van der Waals surface area contributed by atoms with Crippen LogP contribution in [0.15, 0.2) is 4.99 Å². The largest absolute Gasteiger partial charge is 0.493 e. The summed E-state index contributed by atoms with van der Waals surface area (Å²) in [5, 5.41) is 47.1. The molecule has 102 valence electrons. The van der Waals surface area contributed by atoms with Crippen molar-refractivity contribution in [1.82, 2.24) is 0 Å². The fourth-order valence-corrected chi connectivity index (χ4v) is 1.94. The number of hydrogen-bond donors (Lipinski definition) is 5. The zero-order valence-electron chi connectivity index (χ0n) is 9.08. The molecule has 0 radical (unpaired) electrons. The number of carbonyl (C=O) groups excluding carboxylic acids is 1. The van der Waals surface area contributed by atoms with Gasteiger partial charge in [-0.3, -0.25) is 0 Å². The lowest BCUT2D eigenvalue weighted by atomic mass is 9.92. The van der Waals surface area contributed by atoms with Gasteiger partial charge in [-0.1, -0.05) is 0 Å². The number of cyclic esters (lactones) is 1. The van der Waals surface area contributed by atoms with E-state index in [1.165, 1.54) is 0 Å². The topological polar surface area (TPSA) is 149 Å². The number of carbonyl (C=O) groups is 1. The molecule has 2 aliphatic heterocycles. The Bertz CT molecular complexity index is 370. The second-order valence-electron chi connectivity index (χ2n) is 4.07. The summed E-state index contributed by atoms with van der Waals surface area (Å²) in [5.74, 6) is -0.690. The van der Waals surface area contributed by atoms with Crippen molar-refractivity contribution in [3.05, 3.63) is 0 Å². The molecule has 0 spiro atoms. The number of hydrogen-bond acceptors (Lipinski definition) is 7. The van der Waals surface area contributed by atoms with Gasteiger partial charge in [-0.15, -0.1) is 4.99 Å². The van der Waals surface area contributed by atoms with Crippen LogP contribution in [0.25, 0.3) is 0 Å². The van der Waals surface area contributed by atoms with E-state index in [0.717, 1.165) is 0 Å². The number of amides is 1. The van der Waals surface area contributed by atoms with Crippen molar-refractivity contribution < 1.29 is 39.8 Å². The smallest absolute Gasteiger partial charge is 0.437 e. The van der Waals surface area contributed by atoms with Crippen molar-refractivity contribution in [3.8, 4) is 0 Å².